The number of nitrogens with zero attached hydrogens (tertiary/aromatic N) is 1. The highest BCUT2D eigenvalue weighted by Crippen LogP contribution is 2.15. The normalized spacial score (nSPS) is 9.73. The van der Waals surface area contributed by atoms with Gasteiger partial charge in [-0.05, 0) is 32.4 Å². The molecule has 60 valence electrons. The first-order valence-electron chi connectivity index (χ1n) is 3.80. The van der Waals surface area contributed by atoms with E-state index >= 15 is 0 Å². The standard InChI is InChI=1S/C9H13NO/c1-4-11-9-6-10-8(3)5-7(9)2/h5-6H,4H2,1-3H3. The largest absolute Gasteiger partial charge is 0.492 e. The Morgan fingerprint density at radius 2 is 2.18 bits per heavy atom. The molecule has 0 aliphatic carbocycles. The van der Waals surface area contributed by atoms with Crippen molar-refractivity contribution in [1.29, 1.82) is 0 Å². The van der Waals surface area contributed by atoms with Crippen molar-refractivity contribution in [3.05, 3.63) is 23.5 Å². The van der Waals surface area contributed by atoms with Gasteiger partial charge < -0.3 is 4.74 Å². The summed E-state index contributed by atoms with van der Waals surface area (Å²) in [5, 5.41) is 0. The van der Waals surface area contributed by atoms with Crippen LogP contribution in [0.25, 0.3) is 0 Å². The van der Waals surface area contributed by atoms with E-state index in [0.717, 1.165) is 17.0 Å². The average Bonchev–Trinajstić information content (AvgIpc) is 1.95. The van der Waals surface area contributed by atoms with Gasteiger partial charge in [0.05, 0.1) is 12.8 Å². The maximum atomic E-state index is 5.33. The zero-order chi connectivity index (χ0) is 8.27. The van der Waals surface area contributed by atoms with Crippen molar-refractivity contribution in [2.45, 2.75) is 20.8 Å². The number of rotatable bonds is 2. The summed E-state index contributed by atoms with van der Waals surface area (Å²) >= 11 is 0. The molecule has 0 aliphatic heterocycles. The summed E-state index contributed by atoms with van der Waals surface area (Å²) in [5.74, 6) is 0.887. The van der Waals surface area contributed by atoms with Gasteiger partial charge >= 0.3 is 0 Å². The summed E-state index contributed by atoms with van der Waals surface area (Å²) < 4.78 is 5.33. The van der Waals surface area contributed by atoms with Crippen LogP contribution in [-0.2, 0) is 0 Å². The van der Waals surface area contributed by atoms with Crippen molar-refractivity contribution in [3.8, 4) is 5.75 Å². The Bertz CT molecular complexity index is 245. The monoisotopic (exact) mass is 151 g/mol. The topological polar surface area (TPSA) is 22.1 Å². The van der Waals surface area contributed by atoms with Crippen LogP contribution in [-0.4, -0.2) is 11.6 Å². The molecule has 0 aliphatic rings. The third-order valence-corrected chi connectivity index (χ3v) is 1.50. The number of aromatic nitrogens is 1. The molecule has 0 aromatic carbocycles. The second-order valence-corrected chi connectivity index (χ2v) is 2.52. The van der Waals surface area contributed by atoms with Crippen molar-refractivity contribution in [2.75, 3.05) is 6.61 Å². The molecule has 0 atom stereocenters. The minimum atomic E-state index is 0.700. The third-order valence-electron chi connectivity index (χ3n) is 1.50. The Labute approximate surface area is 67.2 Å². The van der Waals surface area contributed by atoms with E-state index in [0.29, 0.717) is 6.61 Å². The summed E-state index contributed by atoms with van der Waals surface area (Å²) in [4.78, 5) is 4.13. The zero-order valence-electron chi connectivity index (χ0n) is 7.22. The first-order valence-corrected chi connectivity index (χ1v) is 3.80. The van der Waals surface area contributed by atoms with E-state index in [4.69, 9.17) is 4.74 Å². The molecule has 0 spiro atoms. The van der Waals surface area contributed by atoms with Crippen LogP contribution in [0.15, 0.2) is 12.3 Å². The van der Waals surface area contributed by atoms with Crippen LogP contribution in [0.3, 0.4) is 0 Å². The van der Waals surface area contributed by atoms with Crippen LogP contribution in [0.1, 0.15) is 18.2 Å². The molecule has 0 N–H and O–H groups in total. The molecule has 1 heterocycles. The van der Waals surface area contributed by atoms with Crippen molar-refractivity contribution >= 4 is 0 Å². The van der Waals surface area contributed by atoms with Gasteiger partial charge in [-0.1, -0.05) is 0 Å². The molecule has 0 bridgehead atoms. The van der Waals surface area contributed by atoms with Crippen molar-refractivity contribution in [3.63, 3.8) is 0 Å². The quantitative estimate of drug-likeness (QED) is 0.645. The molecule has 0 unspecified atom stereocenters. The fourth-order valence-corrected chi connectivity index (χ4v) is 0.991. The van der Waals surface area contributed by atoms with Gasteiger partial charge in [0, 0.05) is 5.69 Å². The fraction of sp³-hybridized carbons (Fsp3) is 0.444. The Balaban J connectivity index is 2.90. The maximum absolute atomic E-state index is 5.33. The molecule has 2 heteroatoms. The molecule has 1 aromatic rings. The Morgan fingerprint density at radius 3 is 2.73 bits per heavy atom. The lowest BCUT2D eigenvalue weighted by Crippen LogP contribution is -1.95. The summed E-state index contributed by atoms with van der Waals surface area (Å²) in [5.41, 5.74) is 2.19. The van der Waals surface area contributed by atoms with Crippen LogP contribution < -0.4 is 4.74 Å². The van der Waals surface area contributed by atoms with Crippen LogP contribution in [0.2, 0.25) is 0 Å². The minimum Gasteiger partial charge on any atom is -0.492 e. The highest BCUT2D eigenvalue weighted by Gasteiger charge is 1.97. The number of aryl methyl sites for hydroxylation is 2. The molecule has 1 aromatic heterocycles. The summed E-state index contributed by atoms with van der Waals surface area (Å²) in [7, 11) is 0. The molecule has 0 fully saturated rings. The predicted molar refractivity (Wildman–Crippen MR) is 44.9 cm³/mol. The zero-order valence-corrected chi connectivity index (χ0v) is 7.22. The van der Waals surface area contributed by atoms with Gasteiger partial charge in [-0.3, -0.25) is 4.98 Å². The van der Waals surface area contributed by atoms with Crippen LogP contribution >= 0.6 is 0 Å². The number of pyridine rings is 1. The molecule has 0 saturated heterocycles. The molecule has 0 saturated carbocycles. The van der Waals surface area contributed by atoms with Gasteiger partial charge in [0.15, 0.2) is 0 Å². The van der Waals surface area contributed by atoms with Gasteiger partial charge in [0.2, 0.25) is 0 Å². The smallest absolute Gasteiger partial charge is 0.140 e. The van der Waals surface area contributed by atoms with E-state index in [1.165, 1.54) is 0 Å². The summed E-state index contributed by atoms with van der Waals surface area (Å²) in [6, 6.07) is 2.02. The van der Waals surface area contributed by atoms with Crippen LogP contribution in [0.4, 0.5) is 0 Å². The van der Waals surface area contributed by atoms with Crippen LogP contribution in [0, 0.1) is 13.8 Å². The second-order valence-electron chi connectivity index (χ2n) is 2.52. The molecule has 11 heavy (non-hydrogen) atoms. The van der Waals surface area contributed by atoms with E-state index in [2.05, 4.69) is 4.98 Å². The highest BCUT2D eigenvalue weighted by atomic mass is 16.5. The van der Waals surface area contributed by atoms with Crippen LogP contribution in [0.5, 0.6) is 5.75 Å². The maximum Gasteiger partial charge on any atom is 0.140 e. The number of ether oxygens (including phenoxy) is 1. The molecular weight excluding hydrogens is 138 g/mol. The van der Waals surface area contributed by atoms with E-state index in [-0.39, 0.29) is 0 Å². The van der Waals surface area contributed by atoms with Gasteiger partial charge in [-0.25, -0.2) is 0 Å². The van der Waals surface area contributed by atoms with E-state index in [1.54, 1.807) is 6.20 Å². The average molecular weight is 151 g/mol. The molecule has 0 radical (unpaired) electrons. The van der Waals surface area contributed by atoms with E-state index in [9.17, 15) is 0 Å². The lowest BCUT2D eigenvalue weighted by atomic mass is 10.2. The summed E-state index contributed by atoms with van der Waals surface area (Å²) in [6.45, 7) is 6.67. The van der Waals surface area contributed by atoms with Crippen molar-refractivity contribution in [2.24, 2.45) is 0 Å². The minimum absolute atomic E-state index is 0.700. The highest BCUT2D eigenvalue weighted by molar-refractivity contribution is 5.30. The molecule has 2 nitrogen and oxygen atoms in total. The Hall–Kier alpha value is -1.05. The Morgan fingerprint density at radius 1 is 1.45 bits per heavy atom. The lowest BCUT2D eigenvalue weighted by Gasteiger charge is -2.05. The third kappa shape index (κ3) is 1.93. The molecule has 0 amide bonds. The van der Waals surface area contributed by atoms with Gasteiger partial charge in [-0.15, -0.1) is 0 Å². The first kappa shape index (κ1) is 8.05. The van der Waals surface area contributed by atoms with Gasteiger partial charge in [0.25, 0.3) is 0 Å². The van der Waals surface area contributed by atoms with Gasteiger partial charge in [0.1, 0.15) is 5.75 Å². The first-order chi connectivity index (χ1) is 5.24. The second kappa shape index (κ2) is 3.37. The molecular formula is C9H13NO. The number of hydrogen-bond donors (Lipinski definition) is 0. The van der Waals surface area contributed by atoms with Crippen molar-refractivity contribution < 1.29 is 4.74 Å². The summed E-state index contributed by atoms with van der Waals surface area (Å²) in [6.07, 6.45) is 1.77. The van der Waals surface area contributed by atoms with Crippen molar-refractivity contribution in [1.82, 2.24) is 4.98 Å². The molecule has 1 rings (SSSR count). The predicted octanol–water partition coefficient (Wildman–Crippen LogP) is 2.10. The fourth-order valence-electron chi connectivity index (χ4n) is 0.991. The Kier molecular flexibility index (Phi) is 2.47. The number of hydrogen-bond acceptors (Lipinski definition) is 2. The lowest BCUT2D eigenvalue weighted by molar-refractivity contribution is 0.336. The van der Waals surface area contributed by atoms with E-state index in [1.807, 2.05) is 26.8 Å². The SMILES string of the molecule is CCOc1cnc(C)cc1C. The van der Waals surface area contributed by atoms with Gasteiger partial charge in [-0.2, -0.15) is 0 Å². The van der Waals surface area contributed by atoms with E-state index < -0.39 is 0 Å².